The highest BCUT2D eigenvalue weighted by Gasteiger charge is 2.11. The molecule has 0 aliphatic rings. The van der Waals surface area contributed by atoms with E-state index in [9.17, 15) is 9.59 Å². The number of hydrogen-bond acceptors (Lipinski definition) is 5. The molecule has 0 unspecified atom stereocenters. The van der Waals surface area contributed by atoms with Crippen LogP contribution >= 0.6 is 11.3 Å². The first-order valence-corrected chi connectivity index (χ1v) is 8.96. The molecule has 132 valence electrons. The molecule has 0 spiro atoms. The zero-order chi connectivity index (χ0) is 18.5. The molecule has 0 saturated heterocycles. The molecule has 0 saturated carbocycles. The van der Waals surface area contributed by atoms with Gasteiger partial charge in [-0.3, -0.25) is 19.9 Å². The Morgan fingerprint density at radius 1 is 1.12 bits per heavy atom. The summed E-state index contributed by atoms with van der Waals surface area (Å²) in [6, 6.07) is 12.9. The summed E-state index contributed by atoms with van der Waals surface area (Å²) in [6.45, 7) is 3.44. The van der Waals surface area contributed by atoms with Crippen LogP contribution in [0.25, 0.3) is 11.3 Å². The van der Waals surface area contributed by atoms with Crippen LogP contribution in [-0.2, 0) is 4.79 Å². The number of thiazole rings is 1. The van der Waals surface area contributed by atoms with E-state index in [1.54, 1.807) is 24.4 Å². The SMILES string of the molecule is CC(=O)N[C@H](C)c1ccc(-c2csc(NC(=O)c3ccccn3)n2)cc1. The molecule has 2 amide bonds. The number of rotatable bonds is 5. The number of aromatic nitrogens is 2. The van der Waals surface area contributed by atoms with Crippen LogP contribution in [0.3, 0.4) is 0 Å². The fraction of sp³-hybridized carbons (Fsp3) is 0.158. The Hall–Kier alpha value is -3.06. The number of hydrogen-bond donors (Lipinski definition) is 2. The number of amides is 2. The van der Waals surface area contributed by atoms with Gasteiger partial charge in [-0.25, -0.2) is 4.98 Å². The first kappa shape index (κ1) is 17.8. The van der Waals surface area contributed by atoms with Gasteiger partial charge in [-0.1, -0.05) is 30.3 Å². The van der Waals surface area contributed by atoms with Crippen LogP contribution in [0.1, 0.15) is 35.9 Å². The minimum atomic E-state index is -0.286. The average Bonchev–Trinajstić information content (AvgIpc) is 3.10. The molecule has 0 aliphatic heterocycles. The van der Waals surface area contributed by atoms with Crippen molar-refractivity contribution in [3.05, 3.63) is 65.3 Å². The molecule has 3 aromatic rings. The second kappa shape index (κ2) is 7.88. The molecule has 6 nitrogen and oxygen atoms in total. The monoisotopic (exact) mass is 366 g/mol. The van der Waals surface area contributed by atoms with E-state index in [-0.39, 0.29) is 17.9 Å². The number of pyridine rings is 1. The van der Waals surface area contributed by atoms with E-state index in [2.05, 4.69) is 20.6 Å². The van der Waals surface area contributed by atoms with Gasteiger partial charge in [-0.2, -0.15) is 0 Å². The summed E-state index contributed by atoms with van der Waals surface area (Å²) in [4.78, 5) is 31.8. The van der Waals surface area contributed by atoms with Crippen molar-refractivity contribution < 1.29 is 9.59 Å². The van der Waals surface area contributed by atoms with Crippen LogP contribution in [0.15, 0.2) is 54.0 Å². The quantitative estimate of drug-likeness (QED) is 0.722. The van der Waals surface area contributed by atoms with E-state index < -0.39 is 0 Å². The number of carbonyl (C=O) groups excluding carboxylic acids is 2. The summed E-state index contributed by atoms with van der Waals surface area (Å²) >= 11 is 1.36. The lowest BCUT2D eigenvalue weighted by Crippen LogP contribution is -2.23. The Kier molecular flexibility index (Phi) is 5.38. The summed E-state index contributed by atoms with van der Waals surface area (Å²) in [5.74, 6) is -0.347. The Morgan fingerprint density at radius 3 is 2.54 bits per heavy atom. The molecular formula is C19H18N4O2S. The zero-order valence-corrected chi connectivity index (χ0v) is 15.2. The number of nitrogens with zero attached hydrogens (tertiary/aromatic N) is 2. The Labute approximate surface area is 155 Å². The van der Waals surface area contributed by atoms with Crippen LogP contribution in [0.4, 0.5) is 5.13 Å². The lowest BCUT2D eigenvalue weighted by atomic mass is 10.1. The molecule has 2 N–H and O–H groups in total. The van der Waals surface area contributed by atoms with Gasteiger partial charge >= 0.3 is 0 Å². The van der Waals surface area contributed by atoms with Crippen molar-refractivity contribution in [1.29, 1.82) is 0 Å². The minimum Gasteiger partial charge on any atom is -0.350 e. The maximum Gasteiger partial charge on any atom is 0.276 e. The lowest BCUT2D eigenvalue weighted by Gasteiger charge is -2.12. The molecule has 0 fully saturated rings. The van der Waals surface area contributed by atoms with Crippen LogP contribution in [0, 0.1) is 0 Å². The maximum absolute atomic E-state index is 12.1. The van der Waals surface area contributed by atoms with Crippen LogP contribution in [0.2, 0.25) is 0 Å². The normalized spacial score (nSPS) is 11.6. The minimum absolute atomic E-state index is 0.0507. The molecule has 1 atom stereocenters. The van der Waals surface area contributed by atoms with Gasteiger partial charge in [0.2, 0.25) is 5.91 Å². The van der Waals surface area contributed by atoms with E-state index >= 15 is 0 Å². The van der Waals surface area contributed by atoms with Gasteiger partial charge in [-0.15, -0.1) is 11.3 Å². The number of nitrogens with one attached hydrogen (secondary N) is 2. The molecular weight excluding hydrogens is 348 g/mol. The summed E-state index contributed by atoms with van der Waals surface area (Å²) in [6.07, 6.45) is 1.58. The molecule has 26 heavy (non-hydrogen) atoms. The third-order valence-electron chi connectivity index (χ3n) is 3.75. The number of benzene rings is 1. The van der Waals surface area contributed by atoms with Crippen molar-refractivity contribution in [2.24, 2.45) is 0 Å². The van der Waals surface area contributed by atoms with Crippen molar-refractivity contribution in [2.75, 3.05) is 5.32 Å². The van der Waals surface area contributed by atoms with Crippen molar-refractivity contribution in [3.8, 4) is 11.3 Å². The van der Waals surface area contributed by atoms with E-state index in [1.807, 2.05) is 36.6 Å². The first-order chi connectivity index (χ1) is 12.5. The summed E-state index contributed by atoms with van der Waals surface area (Å²) in [5, 5.41) is 8.02. The molecule has 2 aromatic heterocycles. The van der Waals surface area contributed by atoms with Crippen molar-refractivity contribution in [2.45, 2.75) is 19.9 Å². The Bertz CT molecular complexity index is 907. The zero-order valence-electron chi connectivity index (χ0n) is 14.4. The highest BCUT2D eigenvalue weighted by molar-refractivity contribution is 7.14. The topological polar surface area (TPSA) is 84.0 Å². The van der Waals surface area contributed by atoms with E-state index in [1.165, 1.54) is 18.3 Å². The van der Waals surface area contributed by atoms with Gasteiger partial charge < -0.3 is 5.32 Å². The predicted octanol–water partition coefficient (Wildman–Crippen LogP) is 3.65. The van der Waals surface area contributed by atoms with E-state index in [0.717, 1.165) is 16.8 Å². The fourth-order valence-electron chi connectivity index (χ4n) is 2.45. The molecule has 1 aromatic carbocycles. The van der Waals surface area contributed by atoms with Crippen LogP contribution < -0.4 is 10.6 Å². The lowest BCUT2D eigenvalue weighted by molar-refractivity contribution is -0.119. The van der Waals surface area contributed by atoms with Gasteiger partial charge in [0, 0.05) is 24.1 Å². The van der Waals surface area contributed by atoms with Gasteiger partial charge in [0.1, 0.15) is 5.69 Å². The van der Waals surface area contributed by atoms with Crippen LogP contribution in [-0.4, -0.2) is 21.8 Å². The standard InChI is InChI=1S/C19H18N4O2S/c1-12(21-13(2)24)14-6-8-15(9-7-14)17-11-26-19(22-17)23-18(25)16-5-3-4-10-20-16/h3-12H,1-2H3,(H,21,24)(H,22,23,25)/t12-/m1/s1. The van der Waals surface area contributed by atoms with E-state index in [0.29, 0.717) is 10.8 Å². The fourth-order valence-corrected chi connectivity index (χ4v) is 3.17. The van der Waals surface area contributed by atoms with Crippen molar-refractivity contribution in [1.82, 2.24) is 15.3 Å². The molecule has 7 heteroatoms. The molecule has 0 aliphatic carbocycles. The Balaban J connectivity index is 1.69. The van der Waals surface area contributed by atoms with Crippen LogP contribution in [0.5, 0.6) is 0 Å². The molecule has 2 heterocycles. The Morgan fingerprint density at radius 2 is 1.88 bits per heavy atom. The van der Waals surface area contributed by atoms with Gasteiger partial charge in [-0.05, 0) is 24.6 Å². The van der Waals surface area contributed by atoms with Gasteiger partial charge in [0.25, 0.3) is 5.91 Å². The largest absolute Gasteiger partial charge is 0.350 e. The predicted molar refractivity (Wildman–Crippen MR) is 102 cm³/mol. The van der Waals surface area contributed by atoms with Crippen molar-refractivity contribution in [3.63, 3.8) is 0 Å². The third-order valence-corrected chi connectivity index (χ3v) is 4.51. The highest BCUT2D eigenvalue weighted by Crippen LogP contribution is 2.26. The number of anilines is 1. The molecule has 0 bridgehead atoms. The second-order valence-corrected chi connectivity index (χ2v) is 6.61. The molecule has 3 rings (SSSR count). The summed E-state index contributed by atoms with van der Waals surface area (Å²) in [7, 11) is 0. The maximum atomic E-state index is 12.1. The van der Waals surface area contributed by atoms with Gasteiger partial charge in [0.15, 0.2) is 5.13 Å². The third kappa shape index (κ3) is 4.31. The first-order valence-electron chi connectivity index (χ1n) is 8.08. The summed E-state index contributed by atoms with van der Waals surface area (Å²) in [5.41, 5.74) is 3.09. The molecule has 0 radical (unpaired) electrons. The summed E-state index contributed by atoms with van der Waals surface area (Å²) < 4.78 is 0. The number of carbonyl (C=O) groups is 2. The second-order valence-electron chi connectivity index (χ2n) is 5.75. The van der Waals surface area contributed by atoms with Gasteiger partial charge in [0.05, 0.1) is 11.7 Å². The smallest absolute Gasteiger partial charge is 0.276 e. The highest BCUT2D eigenvalue weighted by atomic mass is 32.1. The van der Waals surface area contributed by atoms with Crippen molar-refractivity contribution >= 4 is 28.3 Å². The average molecular weight is 366 g/mol. The van der Waals surface area contributed by atoms with E-state index in [4.69, 9.17) is 0 Å².